The van der Waals surface area contributed by atoms with Gasteiger partial charge in [0.1, 0.15) is 19.8 Å². The highest BCUT2D eigenvalue weighted by Crippen LogP contribution is 2.38. The van der Waals surface area contributed by atoms with Crippen molar-refractivity contribution in [1.82, 2.24) is 0 Å². The van der Waals surface area contributed by atoms with Crippen molar-refractivity contribution in [2.75, 3.05) is 47.5 Å². The maximum absolute atomic E-state index is 12.9. The first-order chi connectivity index (χ1) is 49.0. The summed E-state index contributed by atoms with van der Waals surface area (Å²) >= 11 is 0. The average Bonchev–Trinajstić information content (AvgIpc) is 1.30. The van der Waals surface area contributed by atoms with Crippen molar-refractivity contribution in [2.45, 2.75) is 302 Å². The minimum Gasteiger partial charge on any atom is -0.756 e. The molecule has 0 heterocycles. The molecule has 10 heteroatoms. The zero-order chi connectivity index (χ0) is 72.5. The zero-order valence-electron chi connectivity index (χ0n) is 64.3. The number of quaternary nitrogens is 1. The number of unbranched alkanes of at least 4 members (excludes halogenated alkanes) is 23. The van der Waals surface area contributed by atoms with Crippen molar-refractivity contribution in [1.29, 1.82) is 0 Å². The molecule has 0 aromatic heterocycles. The van der Waals surface area contributed by atoms with E-state index in [1.165, 1.54) is 103 Å². The number of rotatable bonds is 71. The number of nitrogens with zero attached hydrogens (tertiary/aromatic N) is 1. The molecule has 564 valence electrons. The van der Waals surface area contributed by atoms with Crippen LogP contribution in [0.2, 0.25) is 0 Å². The second-order valence-electron chi connectivity index (χ2n) is 27.0. The van der Waals surface area contributed by atoms with Gasteiger partial charge in [-0.3, -0.25) is 14.2 Å². The summed E-state index contributed by atoms with van der Waals surface area (Å²) in [5, 5.41) is 0. The highest BCUT2D eigenvalue weighted by atomic mass is 31.2. The number of phosphoric acid groups is 1. The number of allylic oxidation sites excluding steroid dienone is 34. The van der Waals surface area contributed by atoms with Crippen molar-refractivity contribution in [3.63, 3.8) is 0 Å². The Labute approximate surface area is 615 Å². The topological polar surface area (TPSA) is 111 Å². The van der Waals surface area contributed by atoms with Crippen LogP contribution in [0.1, 0.15) is 296 Å². The van der Waals surface area contributed by atoms with Crippen LogP contribution in [0.4, 0.5) is 0 Å². The summed E-state index contributed by atoms with van der Waals surface area (Å²) in [4.78, 5) is 38.2. The third kappa shape index (κ3) is 81.6. The van der Waals surface area contributed by atoms with Crippen LogP contribution in [0.15, 0.2) is 207 Å². The van der Waals surface area contributed by atoms with Gasteiger partial charge in [0.15, 0.2) is 6.10 Å². The van der Waals surface area contributed by atoms with Crippen LogP contribution < -0.4 is 4.89 Å². The molecule has 0 aromatic carbocycles. The Hall–Kier alpha value is -5.41. The molecule has 0 aliphatic rings. The summed E-state index contributed by atoms with van der Waals surface area (Å²) in [5.41, 5.74) is 0. The van der Waals surface area contributed by atoms with Gasteiger partial charge in [0.05, 0.1) is 27.7 Å². The highest BCUT2D eigenvalue weighted by molar-refractivity contribution is 7.45. The Bertz CT molecular complexity index is 2450. The lowest BCUT2D eigenvalue weighted by atomic mass is 10.0. The standard InChI is InChI=1S/C90H146NO8P/c1-6-8-10-12-14-16-18-20-22-24-26-28-30-32-34-36-38-40-42-43-44-45-46-47-49-51-53-55-57-59-61-63-65-67-69-71-73-75-77-79-81-83-90(93)99-88(87-98-100(94,95)97-85-84-91(3,4)5)86-96-89(92)82-80-78-76-74-72-70-68-66-64-62-60-58-56-54-52-50-48-41-39-37-35-33-31-29-27-25-23-21-19-17-15-13-11-9-7-2/h8-11,14-17,20-23,26-29,32-35,38-41,43-44,46-47,51,53,57,59,63,65,88H,6-7,12-13,18-19,24-25,30-31,36-37,42,45,48-50,52,54-56,58,60-62,64,66-87H2,1-5H3/b10-8-,11-9-,16-14-,17-15-,22-20-,23-21-,28-26-,29-27-,34-32-,35-33-,40-38-,41-39-,44-43-,47-46-,53-51-,59-57-,65-63-. The molecular weight excluding hydrogens is 1250 g/mol. The Morgan fingerprint density at radius 1 is 0.310 bits per heavy atom. The lowest BCUT2D eigenvalue weighted by Crippen LogP contribution is -2.37. The van der Waals surface area contributed by atoms with Gasteiger partial charge >= 0.3 is 11.9 Å². The fourth-order valence-corrected chi connectivity index (χ4v) is 11.0. The first-order valence-electron chi connectivity index (χ1n) is 39.8. The molecule has 0 aliphatic heterocycles. The predicted molar refractivity (Wildman–Crippen MR) is 433 cm³/mol. The first-order valence-corrected chi connectivity index (χ1v) is 41.3. The first kappa shape index (κ1) is 94.6. The molecule has 0 saturated carbocycles. The molecule has 100 heavy (non-hydrogen) atoms. The van der Waals surface area contributed by atoms with E-state index >= 15 is 0 Å². The number of likely N-dealkylation sites (N-methyl/N-ethyl adjacent to an activating group) is 1. The fraction of sp³-hybridized carbons (Fsp3) is 0.600. The monoisotopic (exact) mass is 1400 g/mol. The molecule has 0 aliphatic carbocycles. The van der Waals surface area contributed by atoms with Gasteiger partial charge in [0, 0.05) is 12.8 Å². The fourth-order valence-electron chi connectivity index (χ4n) is 10.3. The molecule has 2 atom stereocenters. The Kier molecular flexibility index (Phi) is 73.5. The SMILES string of the molecule is CC/C=C\C/C=C\C/C=C\C/C=C\C/C=C\C/C=C\C/C=C\C/C=C\C/C=C\C/C=C\C/C=C\CCCCCCCCCC(=O)OC(COC(=O)CCCCCCCCCCCCCCCCCC/C=C\C/C=C\C/C=C\C/C=C\C/C=C\C/C=C\CC)COP(=O)([O-])OCC[N+](C)(C)C. The molecule has 0 aromatic rings. The van der Waals surface area contributed by atoms with Crippen molar-refractivity contribution < 1.29 is 42.1 Å². The molecule has 0 bridgehead atoms. The summed E-state index contributed by atoms with van der Waals surface area (Å²) in [7, 11) is 1.14. The van der Waals surface area contributed by atoms with Crippen LogP contribution in [0.5, 0.6) is 0 Å². The van der Waals surface area contributed by atoms with Gasteiger partial charge in [-0.05, 0) is 148 Å². The van der Waals surface area contributed by atoms with E-state index in [0.29, 0.717) is 17.4 Å². The van der Waals surface area contributed by atoms with Crippen LogP contribution in [-0.2, 0) is 32.7 Å². The minimum absolute atomic E-state index is 0.0424. The number of carbonyl (C=O) groups is 2. The van der Waals surface area contributed by atoms with E-state index < -0.39 is 32.5 Å². The van der Waals surface area contributed by atoms with Gasteiger partial charge < -0.3 is 27.9 Å². The smallest absolute Gasteiger partial charge is 0.306 e. The van der Waals surface area contributed by atoms with Crippen LogP contribution in [0.3, 0.4) is 0 Å². The van der Waals surface area contributed by atoms with E-state index in [0.717, 1.165) is 161 Å². The number of hydrogen-bond donors (Lipinski definition) is 0. The third-order valence-electron chi connectivity index (χ3n) is 16.3. The molecule has 0 spiro atoms. The zero-order valence-corrected chi connectivity index (χ0v) is 65.2. The van der Waals surface area contributed by atoms with E-state index in [1.807, 2.05) is 21.1 Å². The van der Waals surface area contributed by atoms with Crippen LogP contribution in [-0.4, -0.2) is 70.0 Å². The van der Waals surface area contributed by atoms with Crippen molar-refractivity contribution in [3.05, 3.63) is 207 Å². The third-order valence-corrected chi connectivity index (χ3v) is 17.3. The summed E-state index contributed by atoms with van der Waals surface area (Å²) in [6.07, 6.45) is 122. The van der Waals surface area contributed by atoms with Gasteiger partial charge in [-0.1, -0.05) is 342 Å². The van der Waals surface area contributed by atoms with E-state index in [4.69, 9.17) is 18.5 Å². The van der Waals surface area contributed by atoms with Gasteiger partial charge in [-0.2, -0.15) is 0 Å². The number of ether oxygens (including phenoxy) is 2. The van der Waals surface area contributed by atoms with Crippen LogP contribution in [0, 0.1) is 0 Å². The Morgan fingerprint density at radius 3 is 0.800 bits per heavy atom. The van der Waals surface area contributed by atoms with E-state index in [1.54, 1.807) is 0 Å². The van der Waals surface area contributed by atoms with E-state index in [9.17, 15) is 19.0 Å². The summed E-state index contributed by atoms with van der Waals surface area (Å²) in [5.74, 6) is -0.853. The molecule has 0 fully saturated rings. The maximum Gasteiger partial charge on any atom is 0.306 e. The van der Waals surface area contributed by atoms with Crippen LogP contribution >= 0.6 is 7.82 Å². The number of carbonyl (C=O) groups excluding carboxylic acids is 2. The maximum atomic E-state index is 12.9. The molecular formula is C90H146NO8P. The minimum atomic E-state index is -4.66. The average molecular weight is 1400 g/mol. The van der Waals surface area contributed by atoms with E-state index in [-0.39, 0.29) is 26.1 Å². The number of hydrogen-bond acceptors (Lipinski definition) is 8. The number of esters is 2. The summed E-state index contributed by atoms with van der Waals surface area (Å²) in [6, 6.07) is 0. The quantitative estimate of drug-likeness (QED) is 0.0195. The van der Waals surface area contributed by atoms with Gasteiger partial charge in [-0.25, -0.2) is 0 Å². The molecule has 9 nitrogen and oxygen atoms in total. The summed E-state index contributed by atoms with van der Waals surface area (Å²) in [6.45, 7) is 3.99. The van der Waals surface area contributed by atoms with Crippen molar-refractivity contribution in [3.8, 4) is 0 Å². The van der Waals surface area contributed by atoms with Crippen LogP contribution in [0.25, 0.3) is 0 Å². The van der Waals surface area contributed by atoms with Gasteiger partial charge in [-0.15, -0.1) is 0 Å². The largest absolute Gasteiger partial charge is 0.756 e. The second-order valence-corrected chi connectivity index (χ2v) is 28.4. The van der Waals surface area contributed by atoms with Gasteiger partial charge in [0.25, 0.3) is 7.82 Å². The van der Waals surface area contributed by atoms with Gasteiger partial charge in [0.2, 0.25) is 0 Å². The Balaban J connectivity index is 4.09. The van der Waals surface area contributed by atoms with Crippen molar-refractivity contribution >= 4 is 19.8 Å². The lowest BCUT2D eigenvalue weighted by Gasteiger charge is -2.28. The molecule has 0 saturated heterocycles. The molecule has 2 unspecified atom stereocenters. The number of phosphoric ester groups is 1. The molecule has 0 rings (SSSR count). The predicted octanol–water partition coefficient (Wildman–Crippen LogP) is 26.3. The van der Waals surface area contributed by atoms with E-state index in [2.05, 4.69) is 220 Å². The molecule has 0 amide bonds. The molecule has 0 radical (unpaired) electrons. The Morgan fingerprint density at radius 2 is 0.540 bits per heavy atom. The second kappa shape index (κ2) is 77.7. The lowest BCUT2D eigenvalue weighted by molar-refractivity contribution is -0.870. The van der Waals surface area contributed by atoms with Crippen molar-refractivity contribution in [2.24, 2.45) is 0 Å². The normalized spacial score (nSPS) is 14.2. The summed E-state index contributed by atoms with van der Waals surface area (Å²) < 4.78 is 34.4. The molecule has 0 N–H and O–H groups in total. The highest BCUT2D eigenvalue weighted by Gasteiger charge is 2.22.